The molecule has 0 atom stereocenters. The van der Waals surface area contributed by atoms with E-state index in [2.05, 4.69) is 5.32 Å². The Balaban J connectivity index is 1.93. The third kappa shape index (κ3) is 2.65. The lowest BCUT2D eigenvalue weighted by molar-refractivity contribution is 0.373. The molecule has 0 saturated heterocycles. The molecule has 1 aliphatic rings. The quantitative estimate of drug-likeness (QED) is 0.769. The molecular formula is C13H19FN2. The number of hydrogen-bond acceptors (Lipinski definition) is 2. The standard InChI is InChI=1S/C13H19FN2/c14-11-7-4-8-12(15)13(11)16-9-10-5-2-1-3-6-10/h4,7-8,10,16H,1-3,5-6,9,15H2. The van der Waals surface area contributed by atoms with Crippen LogP contribution in [-0.4, -0.2) is 6.54 Å². The Labute approximate surface area is 96.0 Å². The second-order valence-corrected chi connectivity index (χ2v) is 4.59. The van der Waals surface area contributed by atoms with E-state index in [1.54, 1.807) is 12.1 Å². The zero-order valence-electron chi connectivity index (χ0n) is 9.51. The first-order valence-corrected chi connectivity index (χ1v) is 6.05. The summed E-state index contributed by atoms with van der Waals surface area (Å²) in [4.78, 5) is 0. The van der Waals surface area contributed by atoms with Crippen LogP contribution in [-0.2, 0) is 0 Å². The number of nitrogen functional groups attached to an aromatic ring is 1. The molecule has 16 heavy (non-hydrogen) atoms. The first kappa shape index (κ1) is 11.2. The lowest BCUT2D eigenvalue weighted by Gasteiger charge is -2.22. The molecule has 0 amide bonds. The largest absolute Gasteiger partial charge is 0.397 e. The summed E-state index contributed by atoms with van der Waals surface area (Å²) in [6, 6.07) is 4.81. The highest BCUT2D eigenvalue weighted by Crippen LogP contribution is 2.26. The molecule has 0 aliphatic heterocycles. The summed E-state index contributed by atoms with van der Waals surface area (Å²) in [7, 11) is 0. The number of halogens is 1. The van der Waals surface area contributed by atoms with E-state index in [1.165, 1.54) is 38.2 Å². The molecule has 3 heteroatoms. The summed E-state index contributed by atoms with van der Waals surface area (Å²) in [6.45, 7) is 0.838. The van der Waals surface area contributed by atoms with Gasteiger partial charge in [0, 0.05) is 6.54 Å². The molecule has 0 heterocycles. The maximum atomic E-state index is 13.5. The van der Waals surface area contributed by atoms with Crippen LogP contribution >= 0.6 is 0 Å². The zero-order chi connectivity index (χ0) is 11.4. The van der Waals surface area contributed by atoms with Crippen molar-refractivity contribution in [3.8, 4) is 0 Å². The molecule has 2 nitrogen and oxygen atoms in total. The predicted octanol–water partition coefficient (Wildman–Crippen LogP) is 3.40. The van der Waals surface area contributed by atoms with E-state index in [-0.39, 0.29) is 5.82 Å². The highest BCUT2D eigenvalue weighted by atomic mass is 19.1. The van der Waals surface area contributed by atoms with E-state index in [4.69, 9.17) is 5.73 Å². The van der Waals surface area contributed by atoms with Gasteiger partial charge in [-0.3, -0.25) is 0 Å². The summed E-state index contributed by atoms with van der Waals surface area (Å²) in [5.41, 5.74) is 6.70. The predicted molar refractivity (Wildman–Crippen MR) is 65.9 cm³/mol. The molecular weight excluding hydrogens is 203 g/mol. The van der Waals surface area contributed by atoms with Crippen molar-refractivity contribution in [1.82, 2.24) is 0 Å². The molecule has 0 radical (unpaired) electrons. The lowest BCUT2D eigenvalue weighted by atomic mass is 9.89. The lowest BCUT2D eigenvalue weighted by Crippen LogP contribution is -2.18. The fraction of sp³-hybridized carbons (Fsp3) is 0.538. The van der Waals surface area contributed by atoms with Gasteiger partial charge in [0.25, 0.3) is 0 Å². The fourth-order valence-corrected chi connectivity index (χ4v) is 2.36. The number of hydrogen-bond donors (Lipinski definition) is 2. The minimum absolute atomic E-state index is 0.254. The maximum absolute atomic E-state index is 13.5. The van der Waals surface area contributed by atoms with Crippen LogP contribution in [0.2, 0.25) is 0 Å². The van der Waals surface area contributed by atoms with Crippen LogP contribution in [0, 0.1) is 11.7 Å². The van der Waals surface area contributed by atoms with Crippen molar-refractivity contribution in [3.05, 3.63) is 24.0 Å². The van der Waals surface area contributed by atoms with Crippen molar-refractivity contribution >= 4 is 11.4 Å². The highest BCUT2D eigenvalue weighted by Gasteiger charge is 2.14. The Morgan fingerprint density at radius 2 is 2.00 bits per heavy atom. The van der Waals surface area contributed by atoms with Crippen LogP contribution < -0.4 is 11.1 Å². The molecule has 0 aromatic heterocycles. The van der Waals surface area contributed by atoms with Crippen molar-refractivity contribution < 1.29 is 4.39 Å². The van der Waals surface area contributed by atoms with Gasteiger partial charge in [-0.05, 0) is 30.9 Å². The molecule has 1 fully saturated rings. The molecule has 0 bridgehead atoms. The number of anilines is 2. The fourth-order valence-electron chi connectivity index (χ4n) is 2.36. The van der Waals surface area contributed by atoms with Gasteiger partial charge in [-0.15, -0.1) is 0 Å². The van der Waals surface area contributed by atoms with Crippen LogP contribution in [0.25, 0.3) is 0 Å². The Hall–Kier alpha value is -1.25. The number of nitrogens with one attached hydrogen (secondary N) is 1. The van der Waals surface area contributed by atoms with Crippen LogP contribution in [0.3, 0.4) is 0 Å². The van der Waals surface area contributed by atoms with E-state index in [1.807, 2.05) is 0 Å². The van der Waals surface area contributed by atoms with E-state index in [0.717, 1.165) is 6.54 Å². The topological polar surface area (TPSA) is 38.0 Å². The Kier molecular flexibility index (Phi) is 3.65. The Bertz CT molecular complexity index is 326. The van der Waals surface area contributed by atoms with Crippen molar-refractivity contribution in [2.45, 2.75) is 32.1 Å². The zero-order valence-corrected chi connectivity index (χ0v) is 9.51. The molecule has 1 aliphatic carbocycles. The molecule has 0 spiro atoms. The third-order valence-corrected chi connectivity index (χ3v) is 3.34. The minimum atomic E-state index is -0.254. The Morgan fingerprint density at radius 1 is 1.25 bits per heavy atom. The van der Waals surface area contributed by atoms with Crippen molar-refractivity contribution in [2.24, 2.45) is 5.92 Å². The minimum Gasteiger partial charge on any atom is -0.397 e. The second-order valence-electron chi connectivity index (χ2n) is 4.59. The van der Waals surface area contributed by atoms with Crippen molar-refractivity contribution in [2.75, 3.05) is 17.6 Å². The van der Waals surface area contributed by atoms with E-state index < -0.39 is 0 Å². The average Bonchev–Trinajstić information content (AvgIpc) is 2.30. The summed E-state index contributed by atoms with van der Waals surface area (Å²) in [5.74, 6) is 0.420. The van der Waals surface area contributed by atoms with Gasteiger partial charge < -0.3 is 11.1 Å². The first-order valence-electron chi connectivity index (χ1n) is 6.05. The summed E-state index contributed by atoms with van der Waals surface area (Å²) in [6.07, 6.45) is 6.46. The normalized spacial score (nSPS) is 17.3. The summed E-state index contributed by atoms with van der Waals surface area (Å²) < 4.78 is 13.5. The molecule has 2 rings (SSSR count). The number of nitrogens with two attached hydrogens (primary N) is 1. The number of rotatable bonds is 3. The molecule has 1 saturated carbocycles. The SMILES string of the molecule is Nc1cccc(F)c1NCC1CCCCC1. The van der Waals surface area contributed by atoms with Crippen LogP contribution in [0.15, 0.2) is 18.2 Å². The second kappa shape index (κ2) is 5.19. The van der Waals surface area contributed by atoms with Crippen LogP contribution in [0.1, 0.15) is 32.1 Å². The van der Waals surface area contributed by atoms with E-state index in [9.17, 15) is 4.39 Å². The van der Waals surface area contributed by atoms with Gasteiger partial charge in [0.1, 0.15) is 5.82 Å². The molecule has 1 aromatic rings. The first-order chi connectivity index (χ1) is 7.77. The smallest absolute Gasteiger partial charge is 0.148 e. The van der Waals surface area contributed by atoms with Crippen molar-refractivity contribution in [3.63, 3.8) is 0 Å². The van der Waals surface area contributed by atoms with E-state index >= 15 is 0 Å². The van der Waals surface area contributed by atoms with Crippen molar-refractivity contribution in [1.29, 1.82) is 0 Å². The molecule has 0 unspecified atom stereocenters. The average molecular weight is 222 g/mol. The Morgan fingerprint density at radius 3 is 2.69 bits per heavy atom. The van der Waals surface area contributed by atoms with Crippen LogP contribution in [0.5, 0.6) is 0 Å². The van der Waals surface area contributed by atoms with Gasteiger partial charge in [0.05, 0.1) is 11.4 Å². The molecule has 3 N–H and O–H groups in total. The number of benzene rings is 1. The van der Waals surface area contributed by atoms with Gasteiger partial charge in [0.15, 0.2) is 0 Å². The van der Waals surface area contributed by atoms with Gasteiger partial charge in [-0.2, -0.15) is 0 Å². The summed E-state index contributed by atoms with van der Waals surface area (Å²) in [5, 5.41) is 3.15. The van der Waals surface area contributed by atoms with Crippen LogP contribution in [0.4, 0.5) is 15.8 Å². The number of para-hydroxylation sites is 1. The maximum Gasteiger partial charge on any atom is 0.148 e. The molecule has 88 valence electrons. The van der Waals surface area contributed by atoms with Gasteiger partial charge in [0.2, 0.25) is 0 Å². The van der Waals surface area contributed by atoms with E-state index in [0.29, 0.717) is 17.3 Å². The third-order valence-electron chi connectivity index (χ3n) is 3.34. The van der Waals surface area contributed by atoms with Gasteiger partial charge in [-0.1, -0.05) is 25.3 Å². The summed E-state index contributed by atoms with van der Waals surface area (Å²) >= 11 is 0. The highest BCUT2D eigenvalue weighted by molar-refractivity contribution is 5.66. The van der Waals surface area contributed by atoms with Gasteiger partial charge >= 0.3 is 0 Å². The monoisotopic (exact) mass is 222 g/mol. The molecule has 1 aromatic carbocycles. The van der Waals surface area contributed by atoms with Gasteiger partial charge in [-0.25, -0.2) is 4.39 Å².